The normalized spacial score (nSPS) is 16.0. The van der Waals surface area contributed by atoms with E-state index in [9.17, 15) is 35.9 Å². The maximum atomic E-state index is 12.7. The van der Waals surface area contributed by atoms with Crippen molar-refractivity contribution in [3.8, 4) is 0 Å². The second-order valence-electron chi connectivity index (χ2n) is 15.8. The van der Waals surface area contributed by atoms with E-state index in [2.05, 4.69) is 25.3 Å². The van der Waals surface area contributed by atoms with Gasteiger partial charge in [0.05, 0.1) is 18.2 Å². The van der Waals surface area contributed by atoms with Crippen LogP contribution in [-0.4, -0.2) is 104 Å². The Bertz CT molecular complexity index is 2060. The number of halogens is 9. The highest BCUT2D eigenvalue weighted by atomic mass is 35.5. The molecule has 0 spiro atoms. The lowest BCUT2D eigenvalue weighted by Gasteiger charge is -2.34. The lowest BCUT2D eigenvalue weighted by Crippen LogP contribution is -2.44. The topological polar surface area (TPSA) is 149 Å². The van der Waals surface area contributed by atoms with E-state index in [4.69, 9.17) is 50.0 Å². The molecule has 2 fully saturated rings. The summed E-state index contributed by atoms with van der Waals surface area (Å²) in [5.41, 5.74) is 4.79. The van der Waals surface area contributed by atoms with Crippen molar-refractivity contribution in [3.63, 3.8) is 0 Å². The highest BCUT2D eigenvalue weighted by Crippen LogP contribution is 2.35. The van der Waals surface area contributed by atoms with E-state index in [1.54, 1.807) is 9.80 Å². The molecule has 0 unspecified atom stereocenters. The van der Waals surface area contributed by atoms with E-state index in [0.717, 1.165) is 48.6 Å². The van der Waals surface area contributed by atoms with Gasteiger partial charge in [0.15, 0.2) is 0 Å². The van der Waals surface area contributed by atoms with Crippen LogP contribution in [0.25, 0.3) is 20.4 Å². The summed E-state index contributed by atoms with van der Waals surface area (Å²) < 4.78 is 85.3. The number of alkyl halides is 6. The maximum absolute atomic E-state index is 12.7. The summed E-state index contributed by atoms with van der Waals surface area (Å²) in [6.07, 6.45) is -8.06. The fraction of sp³-hybridized carbons (Fsp3) is 0.611. The highest BCUT2D eigenvalue weighted by Gasteiger charge is 2.32. The van der Waals surface area contributed by atoms with Crippen LogP contribution in [0.15, 0.2) is 12.1 Å². The molecular formula is C36H45Cl3F6N8O4S2. The first kappa shape index (κ1) is 48.5. The number of amides is 2. The number of rotatable bonds is 4. The molecule has 2 saturated heterocycles. The zero-order chi connectivity index (χ0) is 44.1. The van der Waals surface area contributed by atoms with Gasteiger partial charge in [-0.15, -0.1) is 22.7 Å². The Morgan fingerprint density at radius 3 is 1.56 bits per heavy atom. The van der Waals surface area contributed by atoms with E-state index in [0.29, 0.717) is 52.2 Å². The van der Waals surface area contributed by atoms with Crippen LogP contribution in [0.4, 0.5) is 41.7 Å². The molecule has 2 amide bonds. The molecule has 12 nitrogen and oxygen atoms in total. The van der Waals surface area contributed by atoms with Crippen molar-refractivity contribution >= 4 is 95.9 Å². The van der Waals surface area contributed by atoms with Crippen LogP contribution in [-0.2, 0) is 22.3 Å². The van der Waals surface area contributed by atoms with Gasteiger partial charge in [-0.2, -0.15) is 26.3 Å². The Morgan fingerprint density at radius 1 is 0.712 bits per heavy atom. The summed E-state index contributed by atoms with van der Waals surface area (Å²) in [4.78, 5) is 43.9. The van der Waals surface area contributed by atoms with Crippen LogP contribution in [0, 0.1) is 0 Å². The molecule has 0 atom stereocenters. The lowest BCUT2D eigenvalue weighted by molar-refractivity contribution is -0.127. The number of thiophene rings is 2. The number of anilines is 1. The molecule has 0 aromatic carbocycles. The van der Waals surface area contributed by atoms with Gasteiger partial charge in [-0.3, -0.25) is 0 Å². The Balaban J connectivity index is 0.000000216. The third-order valence-corrected chi connectivity index (χ3v) is 10.9. The van der Waals surface area contributed by atoms with Crippen molar-refractivity contribution in [2.24, 2.45) is 5.73 Å². The molecule has 0 aliphatic carbocycles. The van der Waals surface area contributed by atoms with Crippen LogP contribution in [0.3, 0.4) is 0 Å². The van der Waals surface area contributed by atoms with Crippen molar-refractivity contribution in [3.05, 3.63) is 37.6 Å². The molecule has 6 heterocycles. The Labute approximate surface area is 360 Å². The van der Waals surface area contributed by atoms with Crippen LogP contribution in [0.5, 0.6) is 0 Å². The van der Waals surface area contributed by atoms with E-state index < -0.39 is 36.4 Å². The second-order valence-corrected chi connectivity index (χ2v) is 19.0. The second kappa shape index (κ2) is 19.7. The molecule has 3 N–H and O–H groups in total. The number of piperidine rings is 2. The summed E-state index contributed by atoms with van der Waals surface area (Å²) in [5.74, 6) is 0.417. The molecule has 0 radical (unpaired) electrons. The van der Waals surface area contributed by atoms with Crippen molar-refractivity contribution in [2.45, 2.75) is 116 Å². The number of carbonyl (C=O) groups is 2. The monoisotopic (exact) mass is 936 g/mol. The van der Waals surface area contributed by atoms with Crippen LogP contribution in [0.1, 0.15) is 77.0 Å². The number of carbonyl (C=O) groups excluding carboxylic acids is 2. The number of nitrogens with one attached hydrogen (secondary N) is 1. The number of nitrogens with two attached hydrogens (primary N) is 1. The molecule has 0 saturated carbocycles. The minimum absolute atomic E-state index is 0.00817. The van der Waals surface area contributed by atoms with Crippen molar-refractivity contribution in [1.29, 1.82) is 0 Å². The minimum atomic E-state index is -4.29. The van der Waals surface area contributed by atoms with E-state index in [1.807, 2.05) is 41.5 Å². The van der Waals surface area contributed by atoms with Gasteiger partial charge in [0.1, 0.15) is 31.8 Å². The van der Waals surface area contributed by atoms with Crippen molar-refractivity contribution in [1.82, 2.24) is 29.7 Å². The summed E-state index contributed by atoms with van der Waals surface area (Å²) in [6.45, 7) is 13.5. The molecule has 0 bridgehead atoms. The number of nitrogens with zero attached hydrogens (tertiary/aromatic N) is 6. The van der Waals surface area contributed by atoms with Gasteiger partial charge >= 0.3 is 24.5 Å². The largest absolute Gasteiger partial charge is 0.444 e. The van der Waals surface area contributed by atoms with Crippen molar-refractivity contribution in [2.75, 3.05) is 31.5 Å². The molecule has 2 aliphatic heterocycles. The van der Waals surface area contributed by atoms with Crippen LogP contribution >= 0.6 is 57.5 Å². The fourth-order valence-electron chi connectivity index (χ4n) is 5.67. The average Bonchev–Trinajstić information content (AvgIpc) is 3.65. The SMILES string of the molecule is CC(C)(C)OC(=O)N1CCC(N)CC1.CC(C)(C)OC(=O)N1CCC(Nc2nc(Cl)nc3sc(CC(F)(F)F)cc23)CC1.FC(F)(F)Cc1cc2c(Cl)nc(Cl)nc2s1. The smallest absolute Gasteiger partial charge is 0.410 e. The standard InChI is InChI=1S/C18H22ClF3N4O2S.C10H20N2O2.C8H3Cl2F3N2S/c1-17(2,3)28-16(27)26-6-4-10(5-7-26)23-13-12-8-11(9-18(20,21)22)29-14(12)25-15(19)24-13;1-10(2,3)14-9(13)12-6-4-8(11)5-7-12;9-5-4-1-3(2-8(11,12)13)16-6(4)15-7(10)14-5/h8,10H,4-7,9H2,1-3H3,(H,23,24,25);8H,4-7,11H2,1-3H3;1H,2H2. The van der Waals surface area contributed by atoms with Crippen LogP contribution in [0.2, 0.25) is 15.7 Å². The molecule has 4 aromatic heterocycles. The maximum Gasteiger partial charge on any atom is 0.410 e. The summed E-state index contributed by atoms with van der Waals surface area (Å²) >= 11 is 19.1. The number of aromatic nitrogens is 4. The number of hydrogen-bond donors (Lipinski definition) is 2. The predicted octanol–water partition coefficient (Wildman–Crippen LogP) is 10.7. The Morgan fingerprint density at radius 2 is 1.12 bits per heavy atom. The molecule has 328 valence electrons. The summed E-state index contributed by atoms with van der Waals surface area (Å²) in [7, 11) is 0. The van der Waals surface area contributed by atoms with Gasteiger partial charge in [0.25, 0.3) is 0 Å². The third-order valence-electron chi connectivity index (χ3n) is 8.21. The van der Waals surface area contributed by atoms with Gasteiger partial charge < -0.3 is 30.3 Å². The number of likely N-dealkylation sites (tertiary alicyclic amines) is 2. The molecule has 4 aromatic rings. The Hall–Kier alpha value is -3.17. The lowest BCUT2D eigenvalue weighted by atomic mass is 10.1. The number of fused-ring (bicyclic) bond motifs is 2. The van der Waals surface area contributed by atoms with Gasteiger partial charge in [-0.25, -0.2) is 29.5 Å². The highest BCUT2D eigenvalue weighted by molar-refractivity contribution is 7.19. The van der Waals surface area contributed by atoms with Gasteiger partial charge in [-0.1, -0.05) is 11.6 Å². The van der Waals surface area contributed by atoms with Gasteiger partial charge in [0, 0.05) is 53.4 Å². The third kappa shape index (κ3) is 16.3. The summed E-state index contributed by atoms with van der Waals surface area (Å²) in [6, 6.07) is 3.05. The average molecular weight is 938 g/mol. The predicted molar refractivity (Wildman–Crippen MR) is 219 cm³/mol. The fourth-order valence-corrected chi connectivity index (χ4v) is 8.55. The Kier molecular flexibility index (Phi) is 16.2. The molecule has 2 aliphatic rings. The first-order chi connectivity index (χ1) is 27.1. The molecular weight excluding hydrogens is 893 g/mol. The van der Waals surface area contributed by atoms with E-state index in [1.165, 1.54) is 12.1 Å². The molecule has 59 heavy (non-hydrogen) atoms. The minimum Gasteiger partial charge on any atom is -0.444 e. The first-order valence-corrected chi connectivity index (χ1v) is 21.1. The zero-order valence-electron chi connectivity index (χ0n) is 33.0. The number of hydrogen-bond acceptors (Lipinski definition) is 12. The molecule has 6 rings (SSSR count). The van der Waals surface area contributed by atoms with E-state index in [-0.39, 0.29) is 49.7 Å². The first-order valence-electron chi connectivity index (χ1n) is 18.3. The number of ether oxygens (including phenoxy) is 2. The van der Waals surface area contributed by atoms with Gasteiger partial charge in [0.2, 0.25) is 10.6 Å². The van der Waals surface area contributed by atoms with Crippen molar-refractivity contribution < 1.29 is 45.4 Å². The van der Waals surface area contributed by atoms with Gasteiger partial charge in [-0.05, 0) is 103 Å². The molecule has 23 heteroatoms. The quantitative estimate of drug-likeness (QED) is 0.115. The zero-order valence-corrected chi connectivity index (χ0v) is 36.9. The summed E-state index contributed by atoms with van der Waals surface area (Å²) in [5, 5.41) is 4.16. The van der Waals surface area contributed by atoms with Crippen LogP contribution < -0.4 is 11.1 Å². The van der Waals surface area contributed by atoms with E-state index >= 15 is 0 Å².